The number of hydrogen-bond acceptors (Lipinski definition) is 4. The van der Waals surface area contributed by atoms with E-state index in [1.807, 2.05) is 30.3 Å². The largest absolute Gasteiger partial charge is 0.356 e. The first-order chi connectivity index (χ1) is 16.9. The number of amides is 1. The van der Waals surface area contributed by atoms with Gasteiger partial charge in [-0.25, -0.2) is 4.98 Å². The van der Waals surface area contributed by atoms with Crippen LogP contribution in [0.2, 0.25) is 15.1 Å². The van der Waals surface area contributed by atoms with Crippen LogP contribution in [-0.4, -0.2) is 27.8 Å². The standard InChI is InChI=1S/C26H22Cl3N3O2S/c27-18-5-3-6-20(15-18)32-25(34)21-7-1-2-8-23(21)31-26(32)35-14-4-9-24(33)30-13-12-17-10-11-19(28)16-22(17)29/h1-3,5-8,10-11,15-16H,4,9,12-14H2,(H,30,33). The van der Waals surface area contributed by atoms with Crippen LogP contribution >= 0.6 is 46.6 Å². The molecule has 180 valence electrons. The average molecular weight is 547 g/mol. The summed E-state index contributed by atoms with van der Waals surface area (Å²) in [6, 6.07) is 19.7. The summed E-state index contributed by atoms with van der Waals surface area (Å²) in [6.07, 6.45) is 1.64. The molecule has 0 aliphatic carbocycles. The van der Waals surface area contributed by atoms with Crippen molar-refractivity contribution in [2.45, 2.75) is 24.4 Å². The first kappa shape index (κ1) is 25.6. The molecule has 0 fully saturated rings. The fraction of sp³-hybridized carbons (Fsp3) is 0.192. The molecular formula is C26H22Cl3N3O2S. The lowest BCUT2D eigenvalue weighted by atomic mass is 10.1. The van der Waals surface area contributed by atoms with E-state index >= 15 is 0 Å². The minimum Gasteiger partial charge on any atom is -0.356 e. The summed E-state index contributed by atoms with van der Waals surface area (Å²) in [5, 5.41) is 5.74. The van der Waals surface area contributed by atoms with Crippen molar-refractivity contribution >= 4 is 63.4 Å². The quantitative estimate of drug-likeness (QED) is 0.146. The fourth-order valence-corrected chi connectivity index (χ4v) is 5.24. The summed E-state index contributed by atoms with van der Waals surface area (Å²) in [6.45, 7) is 0.494. The number of hydrogen-bond donors (Lipinski definition) is 1. The highest BCUT2D eigenvalue weighted by molar-refractivity contribution is 7.99. The average Bonchev–Trinajstić information content (AvgIpc) is 2.83. The monoisotopic (exact) mass is 545 g/mol. The molecular weight excluding hydrogens is 525 g/mol. The highest BCUT2D eigenvalue weighted by atomic mass is 35.5. The number of benzene rings is 3. The van der Waals surface area contributed by atoms with E-state index in [0.717, 1.165) is 5.56 Å². The SMILES string of the molecule is O=C(CCCSc1nc2ccccc2c(=O)n1-c1cccc(Cl)c1)NCCc1ccc(Cl)cc1Cl. The third kappa shape index (κ3) is 6.58. The molecule has 0 saturated carbocycles. The molecule has 1 heterocycles. The van der Waals surface area contributed by atoms with E-state index in [1.165, 1.54) is 11.8 Å². The molecule has 1 aromatic heterocycles. The maximum atomic E-state index is 13.3. The zero-order valence-electron chi connectivity index (χ0n) is 18.6. The number of thioether (sulfide) groups is 1. The van der Waals surface area contributed by atoms with Gasteiger partial charge in [0.15, 0.2) is 5.16 Å². The predicted molar refractivity (Wildman–Crippen MR) is 145 cm³/mol. The molecule has 0 atom stereocenters. The minimum absolute atomic E-state index is 0.0330. The lowest BCUT2D eigenvalue weighted by Crippen LogP contribution is -2.25. The number of halogens is 3. The van der Waals surface area contributed by atoms with E-state index in [-0.39, 0.29) is 11.5 Å². The Labute approximate surface area is 222 Å². The minimum atomic E-state index is -0.154. The van der Waals surface area contributed by atoms with Gasteiger partial charge in [0, 0.05) is 33.8 Å². The highest BCUT2D eigenvalue weighted by Crippen LogP contribution is 2.24. The summed E-state index contributed by atoms with van der Waals surface area (Å²) >= 11 is 19.7. The highest BCUT2D eigenvalue weighted by Gasteiger charge is 2.14. The van der Waals surface area contributed by atoms with Crippen LogP contribution < -0.4 is 10.9 Å². The van der Waals surface area contributed by atoms with Crippen LogP contribution in [0.1, 0.15) is 18.4 Å². The number of nitrogens with one attached hydrogen (secondary N) is 1. The van der Waals surface area contributed by atoms with Crippen molar-refractivity contribution < 1.29 is 4.79 Å². The molecule has 1 N–H and O–H groups in total. The molecule has 0 unspecified atom stereocenters. The molecule has 0 bridgehead atoms. The zero-order valence-corrected chi connectivity index (χ0v) is 21.7. The van der Waals surface area contributed by atoms with E-state index in [4.69, 9.17) is 39.8 Å². The van der Waals surface area contributed by atoms with Crippen molar-refractivity contribution in [2.75, 3.05) is 12.3 Å². The lowest BCUT2D eigenvalue weighted by Gasteiger charge is -2.13. The van der Waals surface area contributed by atoms with Gasteiger partial charge >= 0.3 is 0 Å². The molecule has 5 nitrogen and oxygen atoms in total. The molecule has 1 amide bonds. The third-order valence-electron chi connectivity index (χ3n) is 5.32. The van der Waals surface area contributed by atoms with Crippen LogP contribution in [0.25, 0.3) is 16.6 Å². The first-order valence-electron chi connectivity index (χ1n) is 11.0. The molecule has 0 aliphatic rings. The second kappa shape index (κ2) is 12.0. The number of carbonyl (C=O) groups excluding carboxylic acids is 1. The summed E-state index contributed by atoms with van der Waals surface area (Å²) in [5.41, 5.74) is 2.07. The second-order valence-electron chi connectivity index (χ2n) is 7.82. The van der Waals surface area contributed by atoms with Gasteiger partial charge in [-0.1, -0.05) is 70.8 Å². The van der Waals surface area contributed by atoms with Crippen molar-refractivity contribution in [3.8, 4) is 5.69 Å². The molecule has 0 spiro atoms. The van der Waals surface area contributed by atoms with Crippen LogP contribution in [0.5, 0.6) is 0 Å². The third-order valence-corrected chi connectivity index (χ3v) is 7.17. The van der Waals surface area contributed by atoms with Crippen LogP contribution in [0, 0.1) is 0 Å². The van der Waals surface area contributed by atoms with Crippen LogP contribution in [0.3, 0.4) is 0 Å². The molecule has 0 saturated heterocycles. The Bertz CT molecular complexity index is 1420. The van der Waals surface area contributed by atoms with Crippen molar-refractivity contribution in [3.05, 3.63) is 97.7 Å². The van der Waals surface area contributed by atoms with Gasteiger partial charge in [0.05, 0.1) is 16.6 Å². The van der Waals surface area contributed by atoms with Crippen molar-refractivity contribution in [3.63, 3.8) is 0 Å². The van der Waals surface area contributed by atoms with Gasteiger partial charge in [0.2, 0.25) is 5.91 Å². The Hall–Kier alpha value is -2.51. The molecule has 0 aliphatic heterocycles. The number of para-hydroxylation sites is 1. The molecule has 3 aromatic carbocycles. The van der Waals surface area contributed by atoms with Crippen LogP contribution in [0.4, 0.5) is 0 Å². The molecule has 0 radical (unpaired) electrons. The van der Waals surface area contributed by atoms with Gasteiger partial charge in [-0.05, 0) is 60.9 Å². The molecule has 35 heavy (non-hydrogen) atoms. The Morgan fingerprint density at radius 2 is 1.77 bits per heavy atom. The summed E-state index contributed by atoms with van der Waals surface area (Å²) < 4.78 is 1.58. The normalized spacial score (nSPS) is 11.1. The number of carbonyl (C=O) groups is 1. The Morgan fingerprint density at radius 1 is 0.971 bits per heavy atom. The van der Waals surface area contributed by atoms with Gasteiger partial charge in [-0.2, -0.15) is 0 Å². The number of nitrogens with zero attached hydrogens (tertiary/aromatic N) is 2. The maximum Gasteiger partial charge on any atom is 0.266 e. The van der Waals surface area contributed by atoms with Crippen LogP contribution in [-0.2, 0) is 11.2 Å². The Morgan fingerprint density at radius 3 is 2.57 bits per heavy atom. The number of rotatable bonds is 9. The predicted octanol–water partition coefficient (Wildman–Crippen LogP) is 6.58. The zero-order chi connectivity index (χ0) is 24.8. The van der Waals surface area contributed by atoms with Crippen LogP contribution in [0.15, 0.2) is 76.7 Å². The van der Waals surface area contributed by atoms with E-state index in [1.54, 1.807) is 41.0 Å². The van der Waals surface area contributed by atoms with Crippen molar-refractivity contribution in [1.82, 2.24) is 14.9 Å². The van der Waals surface area contributed by atoms with E-state index in [9.17, 15) is 9.59 Å². The Kier molecular flexibility index (Phi) is 8.74. The summed E-state index contributed by atoms with van der Waals surface area (Å²) in [7, 11) is 0. The van der Waals surface area contributed by atoms with Gasteiger partial charge in [-0.15, -0.1) is 0 Å². The van der Waals surface area contributed by atoms with Gasteiger partial charge < -0.3 is 5.32 Å². The number of aromatic nitrogens is 2. The second-order valence-corrected chi connectivity index (χ2v) is 10.2. The van der Waals surface area contributed by atoms with Crippen molar-refractivity contribution in [1.29, 1.82) is 0 Å². The maximum absolute atomic E-state index is 13.3. The number of fused-ring (bicyclic) bond motifs is 1. The fourth-order valence-electron chi connectivity index (χ4n) is 3.60. The first-order valence-corrected chi connectivity index (χ1v) is 13.2. The smallest absolute Gasteiger partial charge is 0.266 e. The molecule has 4 aromatic rings. The van der Waals surface area contributed by atoms with Crippen molar-refractivity contribution in [2.24, 2.45) is 0 Å². The van der Waals surface area contributed by atoms with Gasteiger partial charge in [0.25, 0.3) is 5.56 Å². The van der Waals surface area contributed by atoms with E-state index < -0.39 is 0 Å². The Balaban J connectivity index is 1.38. The lowest BCUT2D eigenvalue weighted by molar-refractivity contribution is -0.121. The van der Waals surface area contributed by atoms with Gasteiger partial charge in [0.1, 0.15) is 0 Å². The topological polar surface area (TPSA) is 64.0 Å². The van der Waals surface area contributed by atoms with E-state index in [0.29, 0.717) is 68.4 Å². The molecule has 9 heteroatoms. The van der Waals surface area contributed by atoms with E-state index in [2.05, 4.69) is 5.32 Å². The van der Waals surface area contributed by atoms with Gasteiger partial charge in [-0.3, -0.25) is 14.2 Å². The summed E-state index contributed by atoms with van der Waals surface area (Å²) in [5.74, 6) is 0.594. The summed E-state index contributed by atoms with van der Waals surface area (Å²) in [4.78, 5) is 30.3. The molecule has 4 rings (SSSR count).